The molecule has 106 valence electrons. The van der Waals surface area contributed by atoms with Crippen LogP contribution in [0.2, 0.25) is 5.15 Å². The lowest BCUT2D eigenvalue weighted by molar-refractivity contribution is 0.834. The molecule has 1 aromatic heterocycles. The third-order valence-electron chi connectivity index (χ3n) is 3.65. The van der Waals surface area contributed by atoms with E-state index in [2.05, 4.69) is 59.3 Å². The van der Waals surface area contributed by atoms with Gasteiger partial charge in [0.05, 0.1) is 0 Å². The summed E-state index contributed by atoms with van der Waals surface area (Å²) in [6.07, 6.45) is 1.76. The summed E-state index contributed by atoms with van der Waals surface area (Å²) in [7, 11) is 0. The van der Waals surface area contributed by atoms with E-state index in [1.165, 1.54) is 22.0 Å². The van der Waals surface area contributed by atoms with E-state index in [0.29, 0.717) is 5.15 Å². The summed E-state index contributed by atoms with van der Waals surface area (Å²) in [6.45, 7) is 3.94. The van der Waals surface area contributed by atoms with Crippen molar-refractivity contribution >= 4 is 28.1 Å². The lowest BCUT2D eigenvalue weighted by Gasteiger charge is -2.25. The predicted molar refractivity (Wildman–Crippen MR) is 89.9 cm³/mol. The number of hydrogen-bond acceptors (Lipinski definition) is 2. The minimum absolute atomic E-state index is 0.543. The molecule has 21 heavy (non-hydrogen) atoms. The Morgan fingerprint density at radius 2 is 1.86 bits per heavy atom. The second-order valence-electron chi connectivity index (χ2n) is 5.00. The van der Waals surface area contributed by atoms with Gasteiger partial charge < -0.3 is 4.90 Å². The van der Waals surface area contributed by atoms with Gasteiger partial charge in [0, 0.05) is 30.4 Å². The van der Waals surface area contributed by atoms with Gasteiger partial charge in [-0.05, 0) is 36.1 Å². The number of fused-ring (bicyclic) bond motifs is 1. The molecule has 0 unspecified atom stereocenters. The maximum absolute atomic E-state index is 5.98. The number of anilines is 1. The Morgan fingerprint density at radius 3 is 2.67 bits per heavy atom. The quantitative estimate of drug-likeness (QED) is 0.636. The van der Waals surface area contributed by atoms with Crippen molar-refractivity contribution in [1.82, 2.24) is 4.98 Å². The first-order valence-electron chi connectivity index (χ1n) is 7.11. The maximum Gasteiger partial charge on any atom is 0.129 e. The predicted octanol–water partition coefficient (Wildman–Crippen LogP) is 4.91. The van der Waals surface area contributed by atoms with Crippen molar-refractivity contribution < 1.29 is 0 Å². The lowest BCUT2D eigenvalue weighted by Crippen LogP contribution is -2.22. The van der Waals surface area contributed by atoms with E-state index in [1.54, 1.807) is 6.20 Å². The molecule has 2 aromatic carbocycles. The van der Waals surface area contributed by atoms with Gasteiger partial charge in [-0.1, -0.05) is 48.0 Å². The van der Waals surface area contributed by atoms with Crippen molar-refractivity contribution in [3.63, 3.8) is 0 Å². The Kier molecular flexibility index (Phi) is 4.07. The fourth-order valence-electron chi connectivity index (χ4n) is 2.61. The summed E-state index contributed by atoms with van der Waals surface area (Å²) in [5.41, 5.74) is 2.42. The van der Waals surface area contributed by atoms with Crippen LogP contribution in [0.3, 0.4) is 0 Å². The van der Waals surface area contributed by atoms with Gasteiger partial charge >= 0.3 is 0 Å². The van der Waals surface area contributed by atoms with Gasteiger partial charge in [0.2, 0.25) is 0 Å². The van der Waals surface area contributed by atoms with Crippen LogP contribution in [0.1, 0.15) is 12.5 Å². The summed E-state index contributed by atoms with van der Waals surface area (Å²) in [6, 6.07) is 18.9. The molecule has 0 spiro atoms. The molecule has 0 saturated carbocycles. The van der Waals surface area contributed by atoms with Crippen LogP contribution in [0.5, 0.6) is 0 Å². The zero-order chi connectivity index (χ0) is 14.7. The average Bonchev–Trinajstić information content (AvgIpc) is 2.52. The van der Waals surface area contributed by atoms with Crippen molar-refractivity contribution in [1.29, 1.82) is 0 Å². The molecule has 0 aliphatic carbocycles. The zero-order valence-corrected chi connectivity index (χ0v) is 12.7. The van der Waals surface area contributed by atoms with Crippen LogP contribution in [-0.2, 0) is 6.54 Å². The second kappa shape index (κ2) is 6.15. The van der Waals surface area contributed by atoms with E-state index in [4.69, 9.17) is 11.6 Å². The number of hydrogen-bond donors (Lipinski definition) is 0. The average molecular weight is 297 g/mol. The summed E-state index contributed by atoms with van der Waals surface area (Å²) in [5.74, 6) is 0. The molecule has 3 aromatic rings. The fraction of sp³-hybridized carbons (Fsp3) is 0.167. The highest BCUT2D eigenvalue weighted by Gasteiger charge is 2.09. The molecule has 1 heterocycles. The summed E-state index contributed by atoms with van der Waals surface area (Å²) >= 11 is 5.98. The Morgan fingerprint density at radius 1 is 1.05 bits per heavy atom. The van der Waals surface area contributed by atoms with Crippen LogP contribution in [0.15, 0.2) is 60.8 Å². The Hall–Kier alpha value is -2.06. The molecule has 0 aliphatic rings. The van der Waals surface area contributed by atoms with Gasteiger partial charge in [-0.2, -0.15) is 0 Å². The van der Waals surface area contributed by atoms with Crippen molar-refractivity contribution in [2.45, 2.75) is 13.5 Å². The molecule has 3 heteroatoms. The first kappa shape index (κ1) is 13.9. The van der Waals surface area contributed by atoms with Gasteiger partial charge in [0.15, 0.2) is 0 Å². The molecule has 0 radical (unpaired) electrons. The second-order valence-corrected chi connectivity index (χ2v) is 5.39. The minimum Gasteiger partial charge on any atom is -0.367 e. The van der Waals surface area contributed by atoms with Crippen LogP contribution in [0.4, 0.5) is 5.69 Å². The topological polar surface area (TPSA) is 16.1 Å². The standard InChI is InChI=1S/C18H17ClN2/c1-2-21(13-14-10-11-20-18(19)12-14)17-9-5-7-15-6-3-4-8-16(15)17/h3-12H,2,13H2,1H3. The Bertz CT molecular complexity index is 750. The van der Waals surface area contributed by atoms with Crippen LogP contribution < -0.4 is 4.90 Å². The van der Waals surface area contributed by atoms with Gasteiger partial charge in [0.25, 0.3) is 0 Å². The Balaban J connectivity index is 1.98. The first-order chi connectivity index (χ1) is 10.3. The minimum atomic E-state index is 0.543. The lowest BCUT2D eigenvalue weighted by atomic mass is 10.1. The molecule has 2 nitrogen and oxygen atoms in total. The van der Waals surface area contributed by atoms with Crippen LogP contribution in [0, 0.1) is 0 Å². The molecule has 0 atom stereocenters. The molecule has 0 bridgehead atoms. The fourth-order valence-corrected chi connectivity index (χ4v) is 2.81. The largest absolute Gasteiger partial charge is 0.367 e. The number of benzene rings is 2. The summed E-state index contributed by atoms with van der Waals surface area (Å²) in [4.78, 5) is 6.40. The third-order valence-corrected chi connectivity index (χ3v) is 3.86. The van der Waals surface area contributed by atoms with E-state index >= 15 is 0 Å². The SMILES string of the molecule is CCN(Cc1ccnc(Cl)c1)c1cccc2ccccc12. The first-order valence-corrected chi connectivity index (χ1v) is 7.49. The van der Waals surface area contributed by atoms with E-state index in [-0.39, 0.29) is 0 Å². The molecule has 0 saturated heterocycles. The molecule has 3 rings (SSSR count). The van der Waals surface area contributed by atoms with E-state index in [9.17, 15) is 0 Å². The van der Waals surface area contributed by atoms with Crippen LogP contribution in [-0.4, -0.2) is 11.5 Å². The van der Waals surface area contributed by atoms with E-state index < -0.39 is 0 Å². The molecule has 0 N–H and O–H groups in total. The number of rotatable bonds is 4. The van der Waals surface area contributed by atoms with Crippen molar-refractivity contribution in [3.05, 3.63) is 71.5 Å². The van der Waals surface area contributed by atoms with Crippen LogP contribution in [0.25, 0.3) is 10.8 Å². The molecular weight excluding hydrogens is 280 g/mol. The normalized spacial score (nSPS) is 10.8. The number of nitrogens with zero attached hydrogens (tertiary/aromatic N) is 2. The molecular formula is C18H17ClN2. The zero-order valence-electron chi connectivity index (χ0n) is 12.0. The van der Waals surface area contributed by atoms with Gasteiger partial charge in [-0.3, -0.25) is 0 Å². The highest BCUT2D eigenvalue weighted by Crippen LogP contribution is 2.27. The van der Waals surface area contributed by atoms with Gasteiger partial charge in [-0.15, -0.1) is 0 Å². The molecule has 0 amide bonds. The van der Waals surface area contributed by atoms with E-state index in [1.807, 2.05) is 12.1 Å². The van der Waals surface area contributed by atoms with Gasteiger partial charge in [-0.25, -0.2) is 4.98 Å². The Labute approximate surface area is 130 Å². The van der Waals surface area contributed by atoms with Crippen molar-refractivity contribution in [3.8, 4) is 0 Å². The highest BCUT2D eigenvalue weighted by molar-refractivity contribution is 6.29. The van der Waals surface area contributed by atoms with Crippen LogP contribution >= 0.6 is 11.6 Å². The summed E-state index contributed by atoms with van der Waals surface area (Å²) in [5, 5.41) is 3.09. The number of halogens is 1. The number of aromatic nitrogens is 1. The summed E-state index contributed by atoms with van der Waals surface area (Å²) < 4.78 is 0. The molecule has 0 fully saturated rings. The smallest absolute Gasteiger partial charge is 0.129 e. The number of pyridine rings is 1. The highest BCUT2D eigenvalue weighted by atomic mass is 35.5. The van der Waals surface area contributed by atoms with E-state index in [0.717, 1.165) is 13.1 Å². The third kappa shape index (κ3) is 3.01. The van der Waals surface area contributed by atoms with Crippen molar-refractivity contribution in [2.75, 3.05) is 11.4 Å². The maximum atomic E-state index is 5.98. The van der Waals surface area contributed by atoms with Crippen molar-refractivity contribution in [2.24, 2.45) is 0 Å². The molecule has 0 aliphatic heterocycles. The van der Waals surface area contributed by atoms with Gasteiger partial charge in [0.1, 0.15) is 5.15 Å². The monoisotopic (exact) mass is 296 g/mol.